The smallest absolute Gasteiger partial charge is 0.308 e. The summed E-state index contributed by atoms with van der Waals surface area (Å²) in [6.45, 7) is 0. The second-order valence-electron chi connectivity index (χ2n) is 3.83. The van der Waals surface area contributed by atoms with Crippen molar-refractivity contribution in [1.29, 1.82) is 0 Å². The lowest BCUT2D eigenvalue weighted by molar-refractivity contribution is 0.262. The van der Waals surface area contributed by atoms with Crippen molar-refractivity contribution >= 4 is 68.1 Å². The van der Waals surface area contributed by atoms with Gasteiger partial charge in [-0.1, -0.05) is 34.8 Å². The van der Waals surface area contributed by atoms with Gasteiger partial charge in [0, 0.05) is 15.2 Å². The quantitative estimate of drug-likeness (QED) is 0.639. The molecule has 0 spiro atoms. The van der Waals surface area contributed by atoms with E-state index in [1.165, 1.54) is 0 Å². The number of urea groups is 1. The van der Waals surface area contributed by atoms with Crippen LogP contribution < -0.4 is 10.6 Å². The van der Waals surface area contributed by atoms with Crippen molar-refractivity contribution < 1.29 is 4.79 Å². The first-order valence-corrected chi connectivity index (χ1v) is 7.36. The van der Waals surface area contributed by atoms with Crippen LogP contribution in [0.5, 0.6) is 0 Å². The molecule has 2 amide bonds. The lowest BCUT2D eigenvalue weighted by atomic mass is 10.3. The van der Waals surface area contributed by atoms with Crippen molar-refractivity contribution in [3.05, 3.63) is 55.9 Å². The van der Waals surface area contributed by atoms with Crippen LogP contribution in [0.3, 0.4) is 0 Å². The van der Waals surface area contributed by atoms with E-state index >= 15 is 0 Å². The van der Waals surface area contributed by atoms with Crippen molar-refractivity contribution in [2.45, 2.75) is 0 Å². The highest BCUT2D eigenvalue weighted by molar-refractivity contribution is 9.10. The molecule has 2 rings (SSSR count). The maximum absolute atomic E-state index is 11.9. The molecule has 0 atom stereocenters. The molecule has 3 nitrogen and oxygen atoms in total. The van der Waals surface area contributed by atoms with Crippen LogP contribution in [0.15, 0.2) is 40.9 Å². The standard InChI is InChI=1S/C13H8BrCl3N2O/c14-9-3-2-8(6-11(9)17)18-13(20)19-12-5-7(15)1-4-10(12)16/h1-6H,(H2,18,19,20). The number of carbonyl (C=O) groups is 1. The van der Waals surface area contributed by atoms with Crippen LogP contribution in [-0.2, 0) is 0 Å². The van der Waals surface area contributed by atoms with E-state index in [9.17, 15) is 4.79 Å². The molecule has 20 heavy (non-hydrogen) atoms. The highest BCUT2D eigenvalue weighted by Crippen LogP contribution is 2.27. The van der Waals surface area contributed by atoms with E-state index in [4.69, 9.17) is 34.8 Å². The molecule has 0 aliphatic heterocycles. The molecule has 0 saturated heterocycles. The highest BCUT2D eigenvalue weighted by atomic mass is 79.9. The Morgan fingerprint density at radius 2 is 1.70 bits per heavy atom. The Balaban J connectivity index is 2.09. The van der Waals surface area contributed by atoms with Crippen molar-refractivity contribution in [1.82, 2.24) is 0 Å². The topological polar surface area (TPSA) is 41.1 Å². The third kappa shape index (κ3) is 4.03. The Hall–Kier alpha value is -0.940. The Morgan fingerprint density at radius 1 is 0.950 bits per heavy atom. The molecular formula is C13H8BrCl3N2O. The number of carbonyl (C=O) groups excluding carboxylic acids is 1. The van der Waals surface area contributed by atoms with Gasteiger partial charge in [-0.25, -0.2) is 4.79 Å². The van der Waals surface area contributed by atoms with E-state index in [0.29, 0.717) is 26.4 Å². The molecule has 2 N–H and O–H groups in total. The maximum atomic E-state index is 11.9. The van der Waals surface area contributed by atoms with Gasteiger partial charge in [0.2, 0.25) is 0 Å². The minimum absolute atomic E-state index is 0.401. The van der Waals surface area contributed by atoms with Gasteiger partial charge in [0.1, 0.15) is 0 Å². The monoisotopic (exact) mass is 392 g/mol. The summed E-state index contributed by atoms with van der Waals surface area (Å²) in [5.41, 5.74) is 0.994. The predicted molar refractivity (Wildman–Crippen MR) is 88.3 cm³/mol. The number of halogens is 4. The Kier molecular flexibility index (Phi) is 5.16. The van der Waals surface area contributed by atoms with Crippen LogP contribution in [0.1, 0.15) is 0 Å². The van der Waals surface area contributed by atoms with Gasteiger partial charge in [-0.2, -0.15) is 0 Å². The number of benzene rings is 2. The van der Waals surface area contributed by atoms with Gasteiger partial charge in [-0.05, 0) is 52.3 Å². The number of rotatable bonds is 2. The summed E-state index contributed by atoms with van der Waals surface area (Å²) in [6, 6.07) is 9.47. The van der Waals surface area contributed by atoms with E-state index < -0.39 is 6.03 Å². The van der Waals surface area contributed by atoms with Gasteiger partial charge in [-0.3, -0.25) is 0 Å². The summed E-state index contributed by atoms with van der Waals surface area (Å²) in [4.78, 5) is 11.9. The molecule has 0 saturated carbocycles. The highest BCUT2D eigenvalue weighted by Gasteiger charge is 2.07. The predicted octanol–water partition coefficient (Wildman–Crippen LogP) is 6.05. The third-order valence-corrected chi connectivity index (χ3v) is 4.15. The molecule has 0 bridgehead atoms. The van der Waals surface area contributed by atoms with Crippen molar-refractivity contribution in [2.75, 3.05) is 10.6 Å². The molecule has 0 heterocycles. The average molecular weight is 394 g/mol. The van der Waals surface area contributed by atoms with Crippen molar-refractivity contribution in [3.8, 4) is 0 Å². The van der Waals surface area contributed by atoms with Gasteiger partial charge in [0.15, 0.2) is 0 Å². The van der Waals surface area contributed by atoms with E-state index in [0.717, 1.165) is 4.47 Å². The summed E-state index contributed by atoms with van der Waals surface area (Å²) < 4.78 is 0.753. The van der Waals surface area contributed by atoms with Gasteiger partial charge < -0.3 is 10.6 Å². The zero-order valence-electron chi connectivity index (χ0n) is 9.88. The zero-order valence-corrected chi connectivity index (χ0v) is 13.7. The third-order valence-electron chi connectivity index (χ3n) is 2.35. The fourth-order valence-corrected chi connectivity index (χ4v) is 2.22. The molecular weight excluding hydrogens is 386 g/mol. The zero-order chi connectivity index (χ0) is 14.7. The second-order valence-corrected chi connectivity index (χ2v) is 5.94. The summed E-state index contributed by atoms with van der Waals surface area (Å²) in [6.07, 6.45) is 0. The second kappa shape index (κ2) is 6.68. The summed E-state index contributed by atoms with van der Waals surface area (Å²) in [7, 11) is 0. The van der Waals surface area contributed by atoms with Gasteiger partial charge >= 0.3 is 6.03 Å². The molecule has 0 aromatic heterocycles. The van der Waals surface area contributed by atoms with E-state index in [1.807, 2.05) is 0 Å². The number of amides is 2. The van der Waals surface area contributed by atoms with Gasteiger partial charge in [0.25, 0.3) is 0 Å². The van der Waals surface area contributed by atoms with Crippen LogP contribution in [-0.4, -0.2) is 6.03 Å². The Bertz CT molecular complexity index is 664. The van der Waals surface area contributed by atoms with Crippen LogP contribution in [0.2, 0.25) is 15.1 Å². The molecule has 2 aromatic rings. The first-order valence-electron chi connectivity index (χ1n) is 5.44. The summed E-state index contributed by atoms with van der Waals surface area (Å²) in [5, 5.41) is 6.65. The Morgan fingerprint density at radius 3 is 2.40 bits per heavy atom. The van der Waals surface area contributed by atoms with Crippen molar-refractivity contribution in [3.63, 3.8) is 0 Å². The molecule has 2 aromatic carbocycles. The fraction of sp³-hybridized carbons (Fsp3) is 0. The molecule has 0 aliphatic rings. The first-order chi connectivity index (χ1) is 9.45. The van der Waals surface area contributed by atoms with Crippen molar-refractivity contribution in [2.24, 2.45) is 0 Å². The summed E-state index contributed by atoms with van der Waals surface area (Å²) >= 11 is 21.0. The lowest BCUT2D eigenvalue weighted by Crippen LogP contribution is -2.19. The first kappa shape index (κ1) is 15.4. The fourth-order valence-electron chi connectivity index (χ4n) is 1.45. The number of nitrogens with one attached hydrogen (secondary N) is 2. The molecule has 0 radical (unpaired) electrons. The maximum Gasteiger partial charge on any atom is 0.323 e. The number of anilines is 2. The minimum Gasteiger partial charge on any atom is -0.308 e. The minimum atomic E-state index is -0.437. The summed E-state index contributed by atoms with van der Waals surface area (Å²) in [5.74, 6) is 0. The van der Waals surface area contributed by atoms with Crippen LogP contribution in [0.25, 0.3) is 0 Å². The SMILES string of the molecule is O=C(Nc1ccc(Br)c(Cl)c1)Nc1cc(Cl)ccc1Cl. The molecule has 104 valence electrons. The van der Waals surface area contributed by atoms with E-state index in [2.05, 4.69) is 26.6 Å². The van der Waals surface area contributed by atoms with Gasteiger partial charge in [-0.15, -0.1) is 0 Å². The van der Waals surface area contributed by atoms with E-state index in [1.54, 1.807) is 36.4 Å². The molecule has 0 fully saturated rings. The van der Waals surface area contributed by atoms with Crippen LogP contribution in [0, 0.1) is 0 Å². The number of hydrogen-bond donors (Lipinski definition) is 2. The number of hydrogen-bond acceptors (Lipinski definition) is 1. The lowest BCUT2D eigenvalue weighted by Gasteiger charge is -2.10. The van der Waals surface area contributed by atoms with Crippen LogP contribution >= 0.6 is 50.7 Å². The van der Waals surface area contributed by atoms with E-state index in [-0.39, 0.29) is 0 Å². The van der Waals surface area contributed by atoms with Gasteiger partial charge in [0.05, 0.1) is 15.7 Å². The van der Waals surface area contributed by atoms with Crippen LogP contribution in [0.4, 0.5) is 16.2 Å². The normalized spacial score (nSPS) is 10.2. The Labute approximate surface area is 139 Å². The largest absolute Gasteiger partial charge is 0.323 e. The molecule has 7 heteroatoms. The molecule has 0 unspecified atom stereocenters. The average Bonchev–Trinajstić information content (AvgIpc) is 2.38. The molecule has 0 aliphatic carbocycles.